The molecule has 5 heteroatoms. The third-order valence-electron chi connectivity index (χ3n) is 3.25. The zero-order chi connectivity index (χ0) is 15.2. The lowest BCUT2D eigenvalue weighted by Gasteiger charge is -2.00. The van der Waals surface area contributed by atoms with Crippen molar-refractivity contribution in [1.29, 1.82) is 0 Å². The van der Waals surface area contributed by atoms with Crippen LogP contribution in [0.4, 0.5) is 0 Å². The number of carboxylic acid groups (broad SMARTS) is 1. The van der Waals surface area contributed by atoms with Gasteiger partial charge in [-0.3, -0.25) is 14.9 Å². The molecule has 20 heavy (non-hydrogen) atoms. The van der Waals surface area contributed by atoms with Crippen LogP contribution in [0.25, 0.3) is 0 Å². The van der Waals surface area contributed by atoms with E-state index < -0.39 is 5.97 Å². The number of rotatable bonds is 13. The van der Waals surface area contributed by atoms with Crippen molar-refractivity contribution in [3.8, 4) is 0 Å². The van der Waals surface area contributed by atoms with Crippen molar-refractivity contribution in [3.63, 3.8) is 0 Å². The van der Waals surface area contributed by atoms with Crippen LogP contribution in [0, 0.1) is 10.1 Å². The number of nitro groups is 1. The second-order valence-corrected chi connectivity index (χ2v) is 5.11. The van der Waals surface area contributed by atoms with Crippen LogP contribution >= 0.6 is 0 Å². The summed E-state index contributed by atoms with van der Waals surface area (Å²) in [6.45, 7) is 2.12. The monoisotopic (exact) mass is 285 g/mol. The van der Waals surface area contributed by atoms with Gasteiger partial charge >= 0.3 is 5.97 Å². The molecule has 0 aliphatic rings. The molecule has 0 fully saturated rings. The zero-order valence-corrected chi connectivity index (χ0v) is 12.5. The van der Waals surface area contributed by atoms with Crippen LogP contribution in [-0.2, 0) is 4.79 Å². The van der Waals surface area contributed by atoms with Crippen LogP contribution < -0.4 is 0 Å². The lowest BCUT2D eigenvalue weighted by Crippen LogP contribution is -1.99. The number of hydrogen-bond acceptors (Lipinski definition) is 3. The quantitative estimate of drug-likeness (QED) is 0.306. The van der Waals surface area contributed by atoms with E-state index in [9.17, 15) is 14.9 Å². The first-order valence-corrected chi connectivity index (χ1v) is 7.63. The molecular weight excluding hydrogens is 258 g/mol. The first kappa shape index (κ1) is 18.6. The maximum absolute atomic E-state index is 10.9. The Morgan fingerprint density at radius 3 is 2.25 bits per heavy atom. The molecule has 0 heterocycles. The van der Waals surface area contributed by atoms with E-state index in [1.807, 2.05) is 0 Å². The Morgan fingerprint density at radius 2 is 1.65 bits per heavy atom. The number of unbranched alkanes of at least 4 members (excludes halogenated alkanes) is 7. The molecule has 0 radical (unpaired) electrons. The summed E-state index contributed by atoms with van der Waals surface area (Å²) >= 11 is 0. The molecule has 0 saturated heterocycles. The van der Waals surface area contributed by atoms with E-state index >= 15 is 0 Å². The first-order chi connectivity index (χ1) is 9.57. The van der Waals surface area contributed by atoms with Crippen LogP contribution in [0.1, 0.15) is 77.6 Å². The predicted molar refractivity (Wildman–Crippen MR) is 79.2 cm³/mol. The van der Waals surface area contributed by atoms with Gasteiger partial charge in [-0.15, -0.1) is 0 Å². The average molecular weight is 285 g/mol. The van der Waals surface area contributed by atoms with E-state index in [1.165, 1.54) is 0 Å². The van der Waals surface area contributed by atoms with Gasteiger partial charge in [0.05, 0.1) is 4.92 Å². The molecule has 0 spiro atoms. The van der Waals surface area contributed by atoms with Gasteiger partial charge < -0.3 is 5.11 Å². The molecule has 116 valence electrons. The number of carboxylic acids is 1. The lowest BCUT2D eigenvalue weighted by atomic mass is 10.1. The summed E-state index contributed by atoms with van der Waals surface area (Å²) < 4.78 is 0. The van der Waals surface area contributed by atoms with Gasteiger partial charge in [0.25, 0.3) is 0 Å². The molecule has 5 nitrogen and oxygen atoms in total. The van der Waals surface area contributed by atoms with Crippen molar-refractivity contribution >= 4 is 5.97 Å². The fourth-order valence-electron chi connectivity index (χ4n) is 2.04. The molecule has 0 aromatic carbocycles. The van der Waals surface area contributed by atoms with Crippen molar-refractivity contribution in [3.05, 3.63) is 21.9 Å². The maximum atomic E-state index is 10.9. The van der Waals surface area contributed by atoms with Gasteiger partial charge in [0.15, 0.2) is 0 Å². The highest BCUT2D eigenvalue weighted by Crippen LogP contribution is 2.13. The molecule has 0 aliphatic heterocycles. The van der Waals surface area contributed by atoms with Crippen molar-refractivity contribution in [1.82, 2.24) is 0 Å². The second-order valence-electron chi connectivity index (χ2n) is 5.11. The molecule has 0 amide bonds. The van der Waals surface area contributed by atoms with Gasteiger partial charge in [-0.25, -0.2) is 0 Å². The second kappa shape index (κ2) is 12.6. The van der Waals surface area contributed by atoms with E-state index in [1.54, 1.807) is 6.08 Å². The summed E-state index contributed by atoms with van der Waals surface area (Å²) in [4.78, 5) is 20.9. The minimum absolute atomic E-state index is 0.216. The average Bonchev–Trinajstić information content (AvgIpc) is 2.39. The van der Waals surface area contributed by atoms with Crippen molar-refractivity contribution in [2.45, 2.75) is 77.6 Å². The van der Waals surface area contributed by atoms with E-state index in [4.69, 9.17) is 5.11 Å². The Morgan fingerprint density at radius 1 is 1.05 bits per heavy atom. The van der Waals surface area contributed by atoms with E-state index in [0.717, 1.165) is 51.4 Å². The van der Waals surface area contributed by atoms with Crippen molar-refractivity contribution in [2.24, 2.45) is 0 Å². The standard InChI is InChI=1S/C15H27NO4/c1-2-3-4-8-11-14(16(19)20)12-9-6-5-7-10-13-15(17)18/h12H,2-11,13H2,1H3,(H,17,18). The third kappa shape index (κ3) is 11.7. The third-order valence-corrected chi connectivity index (χ3v) is 3.25. The van der Waals surface area contributed by atoms with E-state index in [2.05, 4.69) is 6.92 Å². The summed E-state index contributed by atoms with van der Waals surface area (Å²) in [5, 5.41) is 19.4. The van der Waals surface area contributed by atoms with Gasteiger partial charge in [-0.1, -0.05) is 39.0 Å². The Kier molecular flexibility index (Phi) is 11.8. The van der Waals surface area contributed by atoms with Gasteiger partial charge in [0.1, 0.15) is 0 Å². The molecule has 0 aromatic rings. The largest absolute Gasteiger partial charge is 0.481 e. The van der Waals surface area contributed by atoms with Gasteiger partial charge in [-0.2, -0.15) is 0 Å². The fraction of sp³-hybridized carbons (Fsp3) is 0.800. The summed E-state index contributed by atoms with van der Waals surface area (Å²) in [5.41, 5.74) is 0.339. The summed E-state index contributed by atoms with van der Waals surface area (Å²) in [7, 11) is 0. The number of nitrogens with zero attached hydrogens (tertiary/aromatic N) is 1. The summed E-state index contributed by atoms with van der Waals surface area (Å²) in [6.07, 6.45) is 10.8. The van der Waals surface area contributed by atoms with Crippen LogP contribution in [0.2, 0.25) is 0 Å². The van der Waals surface area contributed by atoms with Crippen molar-refractivity contribution in [2.75, 3.05) is 0 Å². The highest BCUT2D eigenvalue weighted by molar-refractivity contribution is 5.66. The SMILES string of the molecule is CCCCCCC(=CCCCCCCC(=O)O)[N+](=O)[O-]. The normalized spacial score (nSPS) is 11.6. The topological polar surface area (TPSA) is 80.4 Å². The van der Waals surface area contributed by atoms with Crippen molar-refractivity contribution < 1.29 is 14.8 Å². The predicted octanol–water partition coefficient (Wildman–Crippen LogP) is 4.54. The van der Waals surface area contributed by atoms with Crippen LogP contribution in [0.5, 0.6) is 0 Å². The number of aliphatic carboxylic acids is 1. The Labute approximate surface area is 121 Å². The number of allylic oxidation sites excluding steroid dienone is 2. The maximum Gasteiger partial charge on any atom is 0.303 e. The minimum Gasteiger partial charge on any atom is -0.481 e. The van der Waals surface area contributed by atoms with E-state index in [0.29, 0.717) is 18.5 Å². The highest BCUT2D eigenvalue weighted by Gasteiger charge is 2.09. The molecular formula is C15H27NO4. The zero-order valence-electron chi connectivity index (χ0n) is 12.5. The summed E-state index contributed by atoms with van der Waals surface area (Å²) in [5.74, 6) is -0.757. The smallest absolute Gasteiger partial charge is 0.303 e. The summed E-state index contributed by atoms with van der Waals surface area (Å²) in [6, 6.07) is 0. The molecule has 0 atom stereocenters. The van der Waals surface area contributed by atoms with Gasteiger partial charge in [0.2, 0.25) is 5.70 Å². The molecule has 0 unspecified atom stereocenters. The molecule has 0 rings (SSSR count). The lowest BCUT2D eigenvalue weighted by molar-refractivity contribution is -0.428. The Balaban J connectivity index is 3.74. The molecule has 1 N–H and O–H groups in total. The van der Waals surface area contributed by atoms with Crippen LogP contribution in [0.3, 0.4) is 0 Å². The first-order valence-electron chi connectivity index (χ1n) is 7.63. The van der Waals surface area contributed by atoms with E-state index in [-0.39, 0.29) is 11.3 Å². The number of carbonyl (C=O) groups is 1. The molecule has 0 aromatic heterocycles. The van der Waals surface area contributed by atoms with Gasteiger partial charge in [0, 0.05) is 12.8 Å². The minimum atomic E-state index is -0.757. The highest BCUT2D eigenvalue weighted by atomic mass is 16.6. The fourth-order valence-corrected chi connectivity index (χ4v) is 2.04. The van der Waals surface area contributed by atoms with Crippen LogP contribution in [-0.4, -0.2) is 16.0 Å². The molecule has 0 bridgehead atoms. The van der Waals surface area contributed by atoms with Crippen LogP contribution in [0.15, 0.2) is 11.8 Å². The number of hydrogen-bond donors (Lipinski definition) is 1. The Hall–Kier alpha value is -1.39. The Bertz CT molecular complexity index is 313. The van der Waals surface area contributed by atoms with Gasteiger partial charge in [-0.05, 0) is 31.8 Å². The molecule has 0 saturated carbocycles. The molecule has 0 aliphatic carbocycles.